The first kappa shape index (κ1) is 11.0. The van der Waals surface area contributed by atoms with E-state index in [-0.39, 0.29) is 6.42 Å². The maximum Gasteiger partial charge on any atom is 0.320 e. The van der Waals surface area contributed by atoms with Crippen LogP contribution in [-0.2, 0) is 11.2 Å². The Labute approximate surface area is 90.0 Å². The van der Waals surface area contributed by atoms with Gasteiger partial charge in [-0.2, -0.15) is 0 Å². The average molecular weight is 259 g/mol. The minimum absolute atomic E-state index is 0.285. The molecule has 76 valence electrons. The number of nitrogen functional groups attached to an aromatic ring is 1. The Kier molecular flexibility index (Phi) is 3.49. The summed E-state index contributed by atoms with van der Waals surface area (Å²) in [4.78, 5) is 10.5. The first-order chi connectivity index (χ1) is 6.50. The van der Waals surface area contributed by atoms with Gasteiger partial charge in [-0.25, -0.2) is 0 Å². The fraction of sp³-hybridized carbons (Fsp3) is 0.222. The summed E-state index contributed by atoms with van der Waals surface area (Å²) in [5, 5.41) is 8.60. The van der Waals surface area contributed by atoms with Gasteiger partial charge in [0.05, 0.1) is 0 Å². The maximum atomic E-state index is 10.5. The molecule has 0 saturated heterocycles. The molecular weight excluding hydrogens is 248 g/mol. The third kappa shape index (κ3) is 2.71. The van der Waals surface area contributed by atoms with Gasteiger partial charge < -0.3 is 16.6 Å². The van der Waals surface area contributed by atoms with Crippen LogP contribution in [0, 0.1) is 0 Å². The molecule has 1 aromatic rings. The standard InChI is InChI=1S/C9H11BrN2O2/c10-6-2-1-5(3-7(6)11)4-8(12)9(13)14/h1-3,8H,4,11-12H2,(H,13,14)/t8-/m1/s1. The van der Waals surface area contributed by atoms with Crippen molar-refractivity contribution in [2.75, 3.05) is 5.73 Å². The van der Waals surface area contributed by atoms with E-state index in [9.17, 15) is 4.79 Å². The number of carboxylic acids is 1. The molecule has 0 aromatic heterocycles. The zero-order valence-electron chi connectivity index (χ0n) is 7.40. The zero-order chi connectivity index (χ0) is 10.7. The van der Waals surface area contributed by atoms with Gasteiger partial charge in [0.1, 0.15) is 6.04 Å². The molecule has 5 N–H and O–H groups in total. The highest BCUT2D eigenvalue weighted by molar-refractivity contribution is 9.10. The van der Waals surface area contributed by atoms with Crippen LogP contribution in [-0.4, -0.2) is 17.1 Å². The molecule has 0 bridgehead atoms. The normalized spacial score (nSPS) is 12.4. The van der Waals surface area contributed by atoms with Gasteiger partial charge >= 0.3 is 5.97 Å². The van der Waals surface area contributed by atoms with E-state index in [1.165, 1.54) is 0 Å². The molecule has 0 aliphatic heterocycles. The summed E-state index contributed by atoms with van der Waals surface area (Å²) in [6.07, 6.45) is 0.285. The number of benzene rings is 1. The summed E-state index contributed by atoms with van der Waals surface area (Å²) < 4.78 is 0.796. The van der Waals surface area contributed by atoms with Gasteiger partial charge in [0.15, 0.2) is 0 Å². The first-order valence-corrected chi connectivity index (χ1v) is 4.82. The van der Waals surface area contributed by atoms with Crippen LogP contribution in [0.5, 0.6) is 0 Å². The van der Waals surface area contributed by atoms with Crippen LogP contribution in [0.3, 0.4) is 0 Å². The van der Waals surface area contributed by atoms with E-state index in [2.05, 4.69) is 15.9 Å². The van der Waals surface area contributed by atoms with Crippen molar-refractivity contribution in [3.05, 3.63) is 28.2 Å². The van der Waals surface area contributed by atoms with E-state index in [4.69, 9.17) is 16.6 Å². The zero-order valence-corrected chi connectivity index (χ0v) is 8.99. The second kappa shape index (κ2) is 4.43. The summed E-state index contributed by atoms with van der Waals surface area (Å²) in [5.41, 5.74) is 12.4. The fourth-order valence-corrected chi connectivity index (χ4v) is 1.31. The summed E-state index contributed by atoms with van der Waals surface area (Å²) in [7, 11) is 0. The molecule has 0 fully saturated rings. The number of carbonyl (C=O) groups is 1. The van der Waals surface area contributed by atoms with Crippen LogP contribution in [0.15, 0.2) is 22.7 Å². The average Bonchev–Trinajstić information content (AvgIpc) is 2.11. The van der Waals surface area contributed by atoms with Crippen molar-refractivity contribution in [1.82, 2.24) is 0 Å². The van der Waals surface area contributed by atoms with Crippen molar-refractivity contribution in [1.29, 1.82) is 0 Å². The summed E-state index contributed by atoms with van der Waals surface area (Å²) >= 11 is 3.25. The lowest BCUT2D eigenvalue weighted by Gasteiger charge is -2.07. The third-order valence-electron chi connectivity index (χ3n) is 1.83. The van der Waals surface area contributed by atoms with Crippen LogP contribution in [0.1, 0.15) is 5.56 Å². The predicted octanol–water partition coefficient (Wildman–Crippen LogP) is 0.986. The van der Waals surface area contributed by atoms with Crippen molar-refractivity contribution in [3.63, 3.8) is 0 Å². The van der Waals surface area contributed by atoms with Crippen LogP contribution in [0.25, 0.3) is 0 Å². The third-order valence-corrected chi connectivity index (χ3v) is 2.56. The molecule has 0 radical (unpaired) electrons. The highest BCUT2D eigenvalue weighted by Gasteiger charge is 2.12. The number of hydrogen-bond donors (Lipinski definition) is 3. The molecule has 4 nitrogen and oxygen atoms in total. The monoisotopic (exact) mass is 258 g/mol. The molecule has 0 unspecified atom stereocenters. The van der Waals surface area contributed by atoms with Gasteiger partial charge in [0.25, 0.3) is 0 Å². The Balaban J connectivity index is 2.78. The maximum absolute atomic E-state index is 10.5. The van der Waals surface area contributed by atoms with E-state index >= 15 is 0 Å². The molecule has 0 amide bonds. The topological polar surface area (TPSA) is 89.3 Å². The molecule has 0 spiro atoms. The number of aliphatic carboxylic acids is 1. The summed E-state index contributed by atoms with van der Waals surface area (Å²) in [6.45, 7) is 0. The number of carboxylic acid groups (broad SMARTS) is 1. The van der Waals surface area contributed by atoms with Gasteiger partial charge in [0, 0.05) is 10.2 Å². The van der Waals surface area contributed by atoms with Crippen molar-refractivity contribution in [3.8, 4) is 0 Å². The Morgan fingerprint density at radius 2 is 2.21 bits per heavy atom. The quantitative estimate of drug-likeness (QED) is 0.706. The molecule has 1 rings (SSSR count). The van der Waals surface area contributed by atoms with E-state index in [0.29, 0.717) is 5.69 Å². The van der Waals surface area contributed by atoms with Crippen LogP contribution in [0.2, 0.25) is 0 Å². The SMILES string of the molecule is Nc1cc(C[C@@H](N)C(=O)O)ccc1Br. The number of hydrogen-bond acceptors (Lipinski definition) is 3. The summed E-state index contributed by atoms with van der Waals surface area (Å²) in [5.74, 6) is -1.01. The highest BCUT2D eigenvalue weighted by atomic mass is 79.9. The van der Waals surface area contributed by atoms with Crippen molar-refractivity contribution < 1.29 is 9.90 Å². The molecule has 14 heavy (non-hydrogen) atoms. The van der Waals surface area contributed by atoms with E-state index in [1.54, 1.807) is 18.2 Å². The van der Waals surface area contributed by atoms with Gasteiger partial charge in [-0.15, -0.1) is 0 Å². The lowest BCUT2D eigenvalue weighted by Crippen LogP contribution is -2.32. The predicted molar refractivity (Wildman–Crippen MR) is 57.9 cm³/mol. The molecular formula is C9H11BrN2O2. The smallest absolute Gasteiger partial charge is 0.320 e. The largest absolute Gasteiger partial charge is 0.480 e. The van der Waals surface area contributed by atoms with Gasteiger partial charge in [-0.05, 0) is 40.0 Å². The van der Waals surface area contributed by atoms with Crippen molar-refractivity contribution in [2.24, 2.45) is 5.73 Å². The molecule has 1 atom stereocenters. The first-order valence-electron chi connectivity index (χ1n) is 4.03. The van der Waals surface area contributed by atoms with Crippen molar-refractivity contribution >= 4 is 27.6 Å². The van der Waals surface area contributed by atoms with E-state index in [1.807, 2.05) is 0 Å². The minimum atomic E-state index is -1.01. The molecule has 1 aromatic carbocycles. The molecule has 0 saturated carbocycles. The van der Waals surface area contributed by atoms with E-state index in [0.717, 1.165) is 10.0 Å². The Morgan fingerprint density at radius 3 is 2.71 bits per heavy atom. The summed E-state index contributed by atoms with van der Waals surface area (Å²) in [6, 6.07) is 4.41. The molecule has 0 heterocycles. The second-order valence-corrected chi connectivity index (χ2v) is 3.86. The lowest BCUT2D eigenvalue weighted by atomic mass is 10.1. The molecule has 0 aliphatic carbocycles. The number of anilines is 1. The molecule has 5 heteroatoms. The van der Waals surface area contributed by atoms with Crippen molar-refractivity contribution in [2.45, 2.75) is 12.5 Å². The fourth-order valence-electron chi connectivity index (χ4n) is 1.06. The van der Waals surface area contributed by atoms with Crippen LogP contribution < -0.4 is 11.5 Å². The Hall–Kier alpha value is -1.07. The number of rotatable bonds is 3. The second-order valence-electron chi connectivity index (χ2n) is 3.00. The van der Waals surface area contributed by atoms with Crippen LogP contribution in [0.4, 0.5) is 5.69 Å². The number of nitrogens with two attached hydrogens (primary N) is 2. The van der Waals surface area contributed by atoms with Gasteiger partial charge in [-0.1, -0.05) is 6.07 Å². The number of halogens is 1. The minimum Gasteiger partial charge on any atom is -0.480 e. The Morgan fingerprint density at radius 1 is 1.57 bits per heavy atom. The van der Waals surface area contributed by atoms with E-state index < -0.39 is 12.0 Å². The van der Waals surface area contributed by atoms with Gasteiger partial charge in [0.2, 0.25) is 0 Å². The highest BCUT2D eigenvalue weighted by Crippen LogP contribution is 2.20. The van der Waals surface area contributed by atoms with Gasteiger partial charge in [-0.3, -0.25) is 4.79 Å². The Bertz CT molecular complexity index is 355. The van der Waals surface area contributed by atoms with Crippen LogP contribution >= 0.6 is 15.9 Å². The molecule has 0 aliphatic rings. The lowest BCUT2D eigenvalue weighted by molar-refractivity contribution is -0.138.